The number of hydrogen-bond donors (Lipinski definition) is 1. The number of sulfonamides is 1. The van der Waals surface area contributed by atoms with Crippen molar-refractivity contribution in [3.8, 4) is 5.75 Å². The fourth-order valence-corrected chi connectivity index (χ4v) is 3.84. The Balaban J connectivity index is 2.14. The summed E-state index contributed by atoms with van der Waals surface area (Å²) in [5.41, 5.74) is 0.661. The third-order valence-electron chi connectivity index (χ3n) is 3.24. The third-order valence-corrected chi connectivity index (χ3v) is 5.09. The molecule has 1 N–H and O–H groups in total. The standard InChI is InChI=1S/C14H22N2O3S/c1-2-15-9-5-12-20(17,18)16-10-6-11-19-14-8-4-3-7-13(14)16/h3-4,7-8,15H,2,5-6,9-12H2,1H3. The molecule has 5 nitrogen and oxygen atoms in total. The zero-order valence-corrected chi connectivity index (χ0v) is 12.7. The first-order chi connectivity index (χ1) is 9.65. The second-order valence-corrected chi connectivity index (χ2v) is 6.78. The Bertz CT molecular complexity index is 531. The van der Waals surface area contributed by atoms with Gasteiger partial charge in [-0.15, -0.1) is 0 Å². The molecular weight excluding hydrogens is 276 g/mol. The fraction of sp³-hybridized carbons (Fsp3) is 0.571. The molecule has 0 atom stereocenters. The molecule has 0 aromatic heterocycles. The van der Waals surface area contributed by atoms with E-state index in [1.807, 2.05) is 31.2 Å². The number of anilines is 1. The molecule has 0 saturated heterocycles. The highest BCUT2D eigenvalue weighted by Crippen LogP contribution is 2.32. The van der Waals surface area contributed by atoms with Crippen LogP contribution in [0.15, 0.2) is 24.3 Å². The van der Waals surface area contributed by atoms with Gasteiger partial charge >= 0.3 is 0 Å². The van der Waals surface area contributed by atoms with Gasteiger partial charge in [-0.1, -0.05) is 19.1 Å². The normalized spacial score (nSPS) is 15.3. The fourth-order valence-electron chi connectivity index (χ4n) is 2.25. The molecular formula is C14H22N2O3S. The van der Waals surface area contributed by atoms with E-state index < -0.39 is 10.0 Å². The molecule has 1 aromatic rings. The van der Waals surface area contributed by atoms with Crippen LogP contribution in [0.25, 0.3) is 0 Å². The molecule has 1 aliphatic rings. The van der Waals surface area contributed by atoms with Crippen molar-refractivity contribution in [1.29, 1.82) is 0 Å². The highest BCUT2D eigenvalue weighted by molar-refractivity contribution is 7.92. The molecule has 0 amide bonds. The molecule has 1 aliphatic heterocycles. The maximum atomic E-state index is 12.5. The molecule has 0 radical (unpaired) electrons. The molecule has 0 aliphatic carbocycles. The van der Waals surface area contributed by atoms with Crippen molar-refractivity contribution in [3.63, 3.8) is 0 Å². The van der Waals surface area contributed by atoms with Crippen LogP contribution in [-0.4, -0.2) is 40.4 Å². The van der Waals surface area contributed by atoms with Gasteiger partial charge in [0.1, 0.15) is 5.75 Å². The number of fused-ring (bicyclic) bond motifs is 1. The Kier molecular flexibility index (Phi) is 5.25. The van der Waals surface area contributed by atoms with Gasteiger partial charge in [-0.25, -0.2) is 8.42 Å². The van der Waals surface area contributed by atoms with E-state index in [0.717, 1.165) is 13.1 Å². The summed E-state index contributed by atoms with van der Waals surface area (Å²) in [7, 11) is -3.29. The largest absolute Gasteiger partial charge is 0.491 e. The summed E-state index contributed by atoms with van der Waals surface area (Å²) in [6.07, 6.45) is 1.33. The van der Waals surface area contributed by atoms with E-state index in [1.165, 1.54) is 4.31 Å². The van der Waals surface area contributed by atoms with Gasteiger partial charge in [0, 0.05) is 13.0 Å². The highest BCUT2D eigenvalue weighted by Gasteiger charge is 2.26. The smallest absolute Gasteiger partial charge is 0.235 e. The Morgan fingerprint density at radius 2 is 2.15 bits per heavy atom. The third kappa shape index (κ3) is 3.64. The number of rotatable bonds is 6. The van der Waals surface area contributed by atoms with Crippen LogP contribution in [0.5, 0.6) is 5.75 Å². The van der Waals surface area contributed by atoms with Crippen LogP contribution < -0.4 is 14.4 Å². The second-order valence-electron chi connectivity index (χ2n) is 4.76. The summed E-state index contributed by atoms with van der Waals surface area (Å²) >= 11 is 0. The minimum atomic E-state index is -3.29. The number of hydrogen-bond acceptors (Lipinski definition) is 4. The predicted octanol–water partition coefficient (Wildman–Crippen LogP) is 1.60. The lowest BCUT2D eigenvalue weighted by molar-refractivity contribution is 0.322. The van der Waals surface area contributed by atoms with E-state index >= 15 is 0 Å². The van der Waals surface area contributed by atoms with Crippen molar-refractivity contribution in [2.24, 2.45) is 0 Å². The molecule has 1 aromatic carbocycles. The SMILES string of the molecule is CCNCCCS(=O)(=O)N1CCCOc2ccccc21. The van der Waals surface area contributed by atoms with Crippen LogP contribution in [0.4, 0.5) is 5.69 Å². The maximum Gasteiger partial charge on any atom is 0.235 e. The van der Waals surface area contributed by atoms with E-state index in [2.05, 4.69) is 5.32 Å². The Morgan fingerprint density at radius 1 is 1.35 bits per heavy atom. The van der Waals surface area contributed by atoms with Gasteiger partial charge in [-0.2, -0.15) is 0 Å². The topological polar surface area (TPSA) is 58.6 Å². The number of nitrogens with one attached hydrogen (secondary N) is 1. The van der Waals surface area contributed by atoms with Crippen molar-refractivity contribution in [1.82, 2.24) is 5.32 Å². The molecule has 0 saturated carbocycles. The van der Waals surface area contributed by atoms with E-state index in [9.17, 15) is 8.42 Å². The molecule has 0 bridgehead atoms. The lowest BCUT2D eigenvalue weighted by atomic mass is 10.3. The Hall–Kier alpha value is -1.27. The summed E-state index contributed by atoms with van der Waals surface area (Å²) in [6, 6.07) is 7.33. The van der Waals surface area contributed by atoms with E-state index in [-0.39, 0.29) is 5.75 Å². The van der Waals surface area contributed by atoms with Crippen LogP contribution in [0, 0.1) is 0 Å². The van der Waals surface area contributed by atoms with Crippen LogP contribution in [-0.2, 0) is 10.0 Å². The van der Waals surface area contributed by atoms with E-state index in [4.69, 9.17) is 4.74 Å². The zero-order valence-electron chi connectivity index (χ0n) is 11.8. The summed E-state index contributed by atoms with van der Waals surface area (Å²) in [5.74, 6) is 0.814. The summed E-state index contributed by atoms with van der Waals surface area (Å²) in [6.45, 7) is 4.64. The van der Waals surface area contributed by atoms with Gasteiger partial charge in [0.25, 0.3) is 0 Å². The number of para-hydroxylation sites is 2. The van der Waals surface area contributed by atoms with Gasteiger partial charge in [-0.3, -0.25) is 4.31 Å². The molecule has 0 fully saturated rings. The average molecular weight is 298 g/mol. The van der Waals surface area contributed by atoms with Crippen molar-refractivity contribution < 1.29 is 13.2 Å². The average Bonchev–Trinajstić information content (AvgIpc) is 2.66. The predicted molar refractivity (Wildman–Crippen MR) is 80.8 cm³/mol. The first-order valence-electron chi connectivity index (χ1n) is 7.08. The van der Waals surface area contributed by atoms with Crippen LogP contribution in [0.3, 0.4) is 0 Å². The van der Waals surface area contributed by atoms with E-state index in [0.29, 0.717) is 37.4 Å². The number of ether oxygens (including phenoxy) is 1. The maximum absolute atomic E-state index is 12.5. The minimum absolute atomic E-state index is 0.161. The molecule has 6 heteroatoms. The summed E-state index contributed by atoms with van der Waals surface area (Å²) < 4.78 is 32.1. The first kappa shape index (κ1) is 15.1. The van der Waals surface area contributed by atoms with Gasteiger partial charge in [-0.05, 0) is 31.6 Å². The molecule has 0 spiro atoms. The summed E-state index contributed by atoms with van der Waals surface area (Å²) in [5, 5.41) is 3.15. The molecule has 0 unspecified atom stereocenters. The zero-order chi connectivity index (χ0) is 14.4. The van der Waals surface area contributed by atoms with Crippen LogP contribution >= 0.6 is 0 Å². The van der Waals surface area contributed by atoms with Gasteiger partial charge in [0.15, 0.2) is 0 Å². The lowest BCUT2D eigenvalue weighted by Gasteiger charge is -2.23. The first-order valence-corrected chi connectivity index (χ1v) is 8.69. The lowest BCUT2D eigenvalue weighted by Crippen LogP contribution is -2.34. The molecule has 1 heterocycles. The van der Waals surface area contributed by atoms with Gasteiger partial charge in [0.2, 0.25) is 10.0 Å². The highest BCUT2D eigenvalue weighted by atomic mass is 32.2. The Morgan fingerprint density at radius 3 is 2.95 bits per heavy atom. The van der Waals surface area contributed by atoms with Crippen molar-refractivity contribution in [2.45, 2.75) is 19.8 Å². The monoisotopic (exact) mass is 298 g/mol. The van der Waals surface area contributed by atoms with Crippen molar-refractivity contribution in [3.05, 3.63) is 24.3 Å². The number of benzene rings is 1. The minimum Gasteiger partial charge on any atom is -0.491 e. The van der Waals surface area contributed by atoms with E-state index in [1.54, 1.807) is 0 Å². The molecule has 20 heavy (non-hydrogen) atoms. The molecule has 112 valence electrons. The Labute approximate surface area is 121 Å². The van der Waals surface area contributed by atoms with Crippen LogP contribution in [0.1, 0.15) is 19.8 Å². The number of nitrogens with zero attached hydrogens (tertiary/aromatic N) is 1. The summed E-state index contributed by atoms with van der Waals surface area (Å²) in [4.78, 5) is 0. The van der Waals surface area contributed by atoms with Crippen molar-refractivity contribution >= 4 is 15.7 Å². The quantitative estimate of drug-likeness (QED) is 0.811. The molecule has 2 rings (SSSR count). The second kappa shape index (κ2) is 6.95. The van der Waals surface area contributed by atoms with Crippen LogP contribution in [0.2, 0.25) is 0 Å². The van der Waals surface area contributed by atoms with Crippen molar-refractivity contribution in [2.75, 3.05) is 36.3 Å². The van der Waals surface area contributed by atoms with Gasteiger partial charge in [0.05, 0.1) is 18.0 Å². The van der Waals surface area contributed by atoms with Gasteiger partial charge < -0.3 is 10.1 Å².